The second-order valence-electron chi connectivity index (χ2n) is 8.59. The number of hydrogen-bond acceptors (Lipinski definition) is 6. The molecule has 0 fully saturated rings. The number of amides is 1. The SMILES string of the molecule is CN(C)CCCNC(=O)c1ccc(-c2cnc3c(n2)N(Cc2c(F)ccc(F)c2Cl)CCN3)cc1. The zero-order valence-corrected chi connectivity index (χ0v) is 20.4. The number of halogens is 3. The standard InChI is InChI=1S/C25H27ClF2N6O/c1-33(2)12-3-10-30-25(35)17-6-4-16(5-7-17)21-14-31-23-24(32-21)34(13-11-29-23)15-18-19(27)8-9-20(28)22(18)26/h4-9,14H,3,10-13,15H2,1-2H3,(H,29,31)(H,30,35). The van der Waals surface area contributed by atoms with Crippen LogP contribution >= 0.6 is 11.6 Å². The first-order valence-corrected chi connectivity index (χ1v) is 11.7. The van der Waals surface area contributed by atoms with Gasteiger partial charge in [-0.15, -0.1) is 0 Å². The number of hydrogen-bond donors (Lipinski definition) is 2. The topological polar surface area (TPSA) is 73.4 Å². The average molecular weight is 501 g/mol. The van der Waals surface area contributed by atoms with Gasteiger partial charge in [0.25, 0.3) is 5.91 Å². The molecule has 0 radical (unpaired) electrons. The van der Waals surface area contributed by atoms with E-state index in [1.807, 2.05) is 31.1 Å². The van der Waals surface area contributed by atoms with Gasteiger partial charge in [-0.2, -0.15) is 0 Å². The van der Waals surface area contributed by atoms with Gasteiger partial charge in [-0.1, -0.05) is 23.7 Å². The molecular formula is C25H27ClF2N6O. The van der Waals surface area contributed by atoms with E-state index in [4.69, 9.17) is 16.6 Å². The van der Waals surface area contributed by atoms with Crippen LogP contribution in [0.15, 0.2) is 42.6 Å². The van der Waals surface area contributed by atoms with Crippen LogP contribution in [0.2, 0.25) is 5.02 Å². The molecule has 0 aliphatic carbocycles. The van der Waals surface area contributed by atoms with Crippen molar-refractivity contribution in [2.75, 3.05) is 50.5 Å². The van der Waals surface area contributed by atoms with Crippen molar-refractivity contribution in [3.05, 3.63) is 70.4 Å². The smallest absolute Gasteiger partial charge is 0.251 e. The van der Waals surface area contributed by atoms with Crippen LogP contribution in [0.25, 0.3) is 11.3 Å². The molecule has 2 N–H and O–H groups in total. The van der Waals surface area contributed by atoms with Crippen LogP contribution in [-0.2, 0) is 6.54 Å². The van der Waals surface area contributed by atoms with Crippen molar-refractivity contribution in [1.29, 1.82) is 0 Å². The Balaban J connectivity index is 1.51. The molecule has 1 aromatic heterocycles. The Bertz CT molecular complexity index is 1210. The molecule has 0 spiro atoms. The Morgan fingerprint density at radius 1 is 1.17 bits per heavy atom. The number of rotatable bonds is 8. The van der Waals surface area contributed by atoms with E-state index in [1.165, 1.54) is 0 Å². The first-order chi connectivity index (χ1) is 16.8. The minimum absolute atomic E-state index is 0.0577. The van der Waals surface area contributed by atoms with E-state index >= 15 is 0 Å². The van der Waals surface area contributed by atoms with Crippen molar-refractivity contribution < 1.29 is 13.6 Å². The number of nitrogens with one attached hydrogen (secondary N) is 2. The highest BCUT2D eigenvalue weighted by atomic mass is 35.5. The Labute approximate surface area is 208 Å². The number of carbonyl (C=O) groups excluding carboxylic acids is 1. The van der Waals surface area contributed by atoms with Crippen LogP contribution in [-0.4, -0.2) is 61.0 Å². The van der Waals surface area contributed by atoms with Gasteiger partial charge < -0.3 is 20.4 Å². The fourth-order valence-corrected chi connectivity index (χ4v) is 4.04. The Kier molecular flexibility index (Phi) is 7.77. The number of aromatic nitrogens is 2. The number of anilines is 2. The van der Waals surface area contributed by atoms with Crippen molar-refractivity contribution in [1.82, 2.24) is 20.2 Å². The molecule has 0 unspecified atom stereocenters. The fourth-order valence-electron chi connectivity index (χ4n) is 3.83. The molecule has 2 heterocycles. The molecule has 0 atom stereocenters. The molecule has 1 aliphatic rings. The van der Waals surface area contributed by atoms with E-state index in [-0.39, 0.29) is 23.0 Å². The highest BCUT2D eigenvalue weighted by Crippen LogP contribution is 2.32. The molecule has 0 bridgehead atoms. The summed E-state index contributed by atoms with van der Waals surface area (Å²) in [6, 6.07) is 9.20. The van der Waals surface area contributed by atoms with Crippen molar-refractivity contribution >= 4 is 29.1 Å². The average Bonchev–Trinajstić information content (AvgIpc) is 2.86. The van der Waals surface area contributed by atoms with Gasteiger partial charge in [0.2, 0.25) is 0 Å². The summed E-state index contributed by atoms with van der Waals surface area (Å²) in [7, 11) is 3.99. The summed E-state index contributed by atoms with van der Waals surface area (Å²) in [6.07, 6.45) is 2.51. The highest BCUT2D eigenvalue weighted by molar-refractivity contribution is 6.31. The maximum atomic E-state index is 14.4. The minimum Gasteiger partial charge on any atom is -0.365 e. The molecule has 2 aromatic carbocycles. The van der Waals surface area contributed by atoms with Gasteiger partial charge in [0.1, 0.15) is 11.6 Å². The summed E-state index contributed by atoms with van der Waals surface area (Å²) in [5.41, 5.74) is 2.02. The summed E-state index contributed by atoms with van der Waals surface area (Å²) in [5, 5.41) is 5.87. The van der Waals surface area contributed by atoms with Crippen LogP contribution < -0.4 is 15.5 Å². The lowest BCUT2D eigenvalue weighted by atomic mass is 10.1. The molecule has 0 saturated carbocycles. The van der Waals surface area contributed by atoms with E-state index in [2.05, 4.69) is 20.5 Å². The van der Waals surface area contributed by atoms with E-state index in [9.17, 15) is 13.6 Å². The minimum atomic E-state index is -0.667. The molecule has 4 rings (SSSR count). The maximum Gasteiger partial charge on any atom is 0.251 e. The molecule has 35 heavy (non-hydrogen) atoms. The lowest BCUT2D eigenvalue weighted by Gasteiger charge is -2.30. The normalized spacial score (nSPS) is 12.9. The number of fused-ring (bicyclic) bond motifs is 1. The zero-order chi connectivity index (χ0) is 24.9. The van der Waals surface area contributed by atoms with Crippen LogP contribution in [0.1, 0.15) is 22.3 Å². The zero-order valence-electron chi connectivity index (χ0n) is 19.6. The number of nitrogens with zero attached hydrogens (tertiary/aromatic N) is 4. The van der Waals surface area contributed by atoms with Gasteiger partial charge in [-0.3, -0.25) is 4.79 Å². The van der Waals surface area contributed by atoms with Crippen molar-refractivity contribution in [2.45, 2.75) is 13.0 Å². The van der Waals surface area contributed by atoms with Gasteiger partial charge in [-0.25, -0.2) is 18.7 Å². The summed E-state index contributed by atoms with van der Waals surface area (Å²) < 4.78 is 28.3. The molecule has 1 aliphatic heterocycles. The predicted octanol–water partition coefficient (Wildman–Crippen LogP) is 4.19. The number of carbonyl (C=O) groups is 1. The fraction of sp³-hybridized carbons (Fsp3) is 0.320. The van der Waals surface area contributed by atoms with Gasteiger partial charge in [-0.05, 0) is 51.3 Å². The molecule has 3 aromatic rings. The monoisotopic (exact) mass is 500 g/mol. The third-order valence-corrected chi connectivity index (χ3v) is 6.13. The summed E-state index contributed by atoms with van der Waals surface area (Å²) in [6.45, 7) is 2.66. The van der Waals surface area contributed by atoms with Gasteiger partial charge >= 0.3 is 0 Å². The van der Waals surface area contributed by atoms with E-state index < -0.39 is 11.6 Å². The van der Waals surface area contributed by atoms with Crippen molar-refractivity contribution in [2.24, 2.45) is 0 Å². The summed E-state index contributed by atoms with van der Waals surface area (Å²) in [4.78, 5) is 25.5. The summed E-state index contributed by atoms with van der Waals surface area (Å²) in [5.74, 6) is -0.287. The highest BCUT2D eigenvalue weighted by Gasteiger charge is 2.23. The van der Waals surface area contributed by atoms with Crippen LogP contribution in [0.3, 0.4) is 0 Å². The lowest BCUT2D eigenvalue weighted by Crippen LogP contribution is -2.35. The quantitative estimate of drug-likeness (QED) is 0.357. The first-order valence-electron chi connectivity index (χ1n) is 11.3. The van der Waals surface area contributed by atoms with Gasteiger partial charge in [0, 0.05) is 42.9 Å². The molecule has 7 nitrogen and oxygen atoms in total. The second-order valence-corrected chi connectivity index (χ2v) is 8.97. The molecule has 1 amide bonds. The van der Waals surface area contributed by atoms with Crippen LogP contribution in [0.4, 0.5) is 20.4 Å². The largest absolute Gasteiger partial charge is 0.365 e. The van der Waals surface area contributed by atoms with Crippen molar-refractivity contribution in [3.63, 3.8) is 0 Å². The van der Waals surface area contributed by atoms with E-state index in [1.54, 1.807) is 18.3 Å². The third-order valence-electron chi connectivity index (χ3n) is 5.73. The Morgan fingerprint density at radius 2 is 1.91 bits per heavy atom. The Hall–Kier alpha value is -3.30. The van der Waals surface area contributed by atoms with Gasteiger partial charge in [0.05, 0.1) is 16.9 Å². The van der Waals surface area contributed by atoms with Gasteiger partial charge in [0.15, 0.2) is 11.6 Å². The predicted molar refractivity (Wildman–Crippen MR) is 134 cm³/mol. The molecule has 184 valence electrons. The third kappa shape index (κ3) is 5.86. The van der Waals surface area contributed by atoms with Crippen LogP contribution in [0.5, 0.6) is 0 Å². The van der Waals surface area contributed by atoms with E-state index in [0.29, 0.717) is 42.5 Å². The molecule has 10 heteroatoms. The molecular weight excluding hydrogens is 474 g/mol. The second kappa shape index (κ2) is 11.0. The summed E-state index contributed by atoms with van der Waals surface area (Å²) >= 11 is 6.04. The number of benzene rings is 2. The molecule has 0 saturated heterocycles. The van der Waals surface area contributed by atoms with E-state index in [0.717, 1.165) is 30.7 Å². The maximum absolute atomic E-state index is 14.4. The van der Waals surface area contributed by atoms with Crippen molar-refractivity contribution in [3.8, 4) is 11.3 Å². The Morgan fingerprint density at radius 3 is 2.66 bits per heavy atom. The van der Waals surface area contributed by atoms with Crippen LogP contribution in [0, 0.1) is 11.6 Å². The lowest BCUT2D eigenvalue weighted by molar-refractivity contribution is 0.0952. The first kappa shape index (κ1) is 24.8.